The molecule has 136 valence electrons. The van der Waals surface area contributed by atoms with E-state index >= 15 is 0 Å². The lowest BCUT2D eigenvalue weighted by molar-refractivity contribution is 0.295. The Hall–Kier alpha value is -1.75. The van der Waals surface area contributed by atoms with E-state index in [0.717, 1.165) is 49.2 Å². The predicted molar refractivity (Wildman–Crippen MR) is 104 cm³/mol. The molecular weight excluding hydrogens is 310 g/mol. The van der Waals surface area contributed by atoms with Crippen LogP contribution in [0.4, 0.5) is 5.82 Å². The Balaban J connectivity index is 1.73. The van der Waals surface area contributed by atoms with Gasteiger partial charge in [0.2, 0.25) is 0 Å². The minimum atomic E-state index is 0.396. The Bertz CT molecular complexity index is 696. The van der Waals surface area contributed by atoms with E-state index in [1.807, 2.05) is 6.20 Å². The number of fused-ring (bicyclic) bond motifs is 3. The molecule has 1 aliphatic rings. The molecule has 0 saturated heterocycles. The zero-order chi connectivity index (χ0) is 17.6. The molecule has 1 N–H and O–H groups in total. The summed E-state index contributed by atoms with van der Waals surface area (Å²) in [5.74, 6) is 0.964. The second-order valence-electron chi connectivity index (χ2n) is 7.10. The van der Waals surface area contributed by atoms with Gasteiger partial charge < -0.3 is 10.2 Å². The van der Waals surface area contributed by atoms with Crippen molar-refractivity contribution in [1.82, 2.24) is 19.9 Å². The Morgan fingerprint density at radius 2 is 1.92 bits per heavy atom. The maximum Gasteiger partial charge on any atom is 0.164 e. The monoisotopic (exact) mass is 341 g/mol. The minimum Gasteiger partial charge on any atom is -0.367 e. The molecule has 0 fully saturated rings. The second-order valence-corrected chi connectivity index (χ2v) is 7.10. The van der Waals surface area contributed by atoms with Gasteiger partial charge in [0.15, 0.2) is 5.65 Å². The zero-order valence-corrected chi connectivity index (χ0v) is 15.9. The highest BCUT2D eigenvalue weighted by Gasteiger charge is 2.18. The van der Waals surface area contributed by atoms with Crippen molar-refractivity contribution in [1.29, 1.82) is 0 Å². The SMILES string of the molecule is CCN(CC)CCC[C@H](C)Nc1ncnc2ncc3c(c12)CCCC3. The molecule has 5 heteroatoms. The number of rotatable bonds is 8. The van der Waals surface area contributed by atoms with E-state index in [1.165, 1.54) is 36.9 Å². The number of aryl methyl sites for hydroxylation is 2. The third-order valence-corrected chi connectivity index (χ3v) is 5.37. The van der Waals surface area contributed by atoms with E-state index in [0.29, 0.717) is 6.04 Å². The minimum absolute atomic E-state index is 0.396. The summed E-state index contributed by atoms with van der Waals surface area (Å²) in [4.78, 5) is 16.0. The van der Waals surface area contributed by atoms with E-state index in [4.69, 9.17) is 0 Å². The van der Waals surface area contributed by atoms with Crippen molar-refractivity contribution in [2.45, 2.75) is 65.3 Å². The first-order valence-electron chi connectivity index (χ1n) is 9.83. The molecule has 2 heterocycles. The molecule has 1 atom stereocenters. The molecule has 3 rings (SSSR count). The lowest BCUT2D eigenvalue weighted by atomic mass is 9.91. The van der Waals surface area contributed by atoms with Gasteiger partial charge in [-0.25, -0.2) is 15.0 Å². The highest BCUT2D eigenvalue weighted by molar-refractivity contribution is 5.90. The fourth-order valence-corrected chi connectivity index (χ4v) is 3.82. The van der Waals surface area contributed by atoms with E-state index in [2.05, 4.69) is 45.9 Å². The van der Waals surface area contributed by atoms with Gasteiger partial charge in [0.05, 0.1) is 5.39 Å². The lowest BCUT2D eigenvalue weighted by Crippen LogP contribution is -2.26. The molecule has 0 spiro atoms. The van der Waals surface area contributed by atoms with E-state index in [-0.39, 0.29) is 0 Å². The van der Waals surface area contributed by atoms with E-state index in [1.54, 1.807) is 6.33 Å². The van der Waals surface area contributed by atoms with Gasteiger partial charge >= 0.3 is 0 Å². The van der Waals surface area contributed by atoms with Crippen LogP contribution in [-0.4, -0.2) is 45.5 Å². The van der Waals surface area contributed by atoms with Crippen molar-refractivity contribution >= 4 is 16.9 Å². The quantitative estimate of drug-likeness (QED) is 0.791. The van der Waals surface area contributed by atoms with Crippen LogP contribution in [0.15, 0.2) is 12.5 Å². The molecule has 1 aliphatic carbocycles. The molecule has 0 radical (unpaired) electrons. The fraction of sp³-hybridized carbons (Fsp3) is 0.650. The molecule has 0 amide bonds. The summed E-state index contributed by atoms with van der Waals surface area (Å²) in [6.07, 6.45) is 10.8. The number of aromatic nitrogens is 3. The van der Waals surface area contributed by atoms with Gasteiger partial charge in [-0.05, 0) is 76.2 Å². The molecular formula is C20H31N5. The van der Waals surface area contributed by atoms with Crippen molar-refractivity contribution < 1.29 is 0 Å². The molecule has 2 aromatic heterocycles. The van der Waals surface area contributed by atoms with Gasteiger partial charge in [-0.1, -0.05) is 13.8 Å². The smallest absolute Gasteiger partial charge is 0.164 e. The van der Waals surface area contributed by atoms with Crippen LogP contribution in [-0.2, 0) is 12.8 Å². The lowest BCUT2D eigenvalue weighted by Gasteiger charge is -2.22. The van der Waals surface area contributed by atoms with Gasteiger partial charge in [-0.2, -0.15) is 0 Å². The molecule has 0 saturated carbocycles. The summed E-state index contributed by atoms with van der Waals surface area (Å²) in [6.45, 7) is 10.1. The Kier molecular flexibility index (Phi) is 6.19. The summed E-state index contributed by atoms with van der Waals surface area (Å²) in [6, 6.07) is 0.396. The molecule has 5 nitrogen and oxygen atoms in total. The predicted octanol–water partition coefficient (Wildman–Crippen LogP) is 3.83. The summed E-state index contributed by atoms with van der Waals surface area (Å²) >= 11 is 0. The van der Waals surface area contributed by atoms with Gasteiger partial charge in [0.25, 0.3) is 0 Å². The first-order chi connectivity index (χ1) is 12.2. The number of hydrogen-bond acceptors (Lipinski definition) is 5. The van der Waals surface area contributed by atoms with Crippen molar-refractivity contribution in [3.05, 3.63) is 23.7 Å². The van der Waals surface area contributed by atoms with Crippen molar-refractivity contribution in [3.8, 4) is 0 Å². The van der Waals surface area contributed by atoms with Gasteiger partial charge in [-0.15, -0.1) is 0 Å². The molecule has 0 aromatic carbocycles. The van der Waals surface area contributed by atoms with Crippen LogP contribution >= 0.6 is 0 Å². The van der Waals surface area contributed by atoms with Crippen LogP contribution in [0.5, 0.6) is 0 Å². The van der Waals surface area contributed by atoms with Crippen LogP contribution in [0.2, 0.25) is 0 Å². The molecule has 2 aromatic rings. The first-order valence-corrected chi connectivity index (χ1v) is 9.83. The second kappa shape index (κ2) is 8.56. The summed E-state index contributed by atoms with van der Waals surface area (Å²) in [5.41, 5.74) is 3.62. The Morgan fingerprint density at radius 1 is 1.12 bits per heavy atom. The number of nitrogens with one attached hydrogen (secondary N) is 1. The van der Waals surface area contributed by atoms with Crippen LogP contribution < -0.4 is 5.32 Å². The zero-order valence-electron chi connectivity index (χ0n) is 15.9. The maximum atomic E-state index is 4.57. The fourth-order valence-electron chi connectivity index (χ4n) is 3.82. The first kappa shape index (κ1) is 18.1. The van der Waals surface area contributed by atoms with Crippen molar-refractivity contribution in [2.24, 2.45) is 0 Å². The van der Waals surface area contributed by atoms with Crippen LogP contribution in [0.1, 0.15) is 57.6 Å². The van der Waals surface area contributed by atoms with E-state index in [9.17, 15) is 0 Å². The largest absolute Gasteiger partial charge is 0.367 e. The molecule has 25 heavy (non-hydrogen) atoms. The van der Waals surface area contributed by atoms with Crippen LogP contribution in [0.3, 0.4) is 0 Å². The highest BCUT2D eigenvalue weighted by Crippen LogP contribution is 2.30. The van der Waals surface area contributed by atoms with Gasteiger partial charge in [0.1, 0.15) is 12.1 Å². The third-order valence-electron chi connectivity index (χ3n) is 5.37. The highest BCUT2D eigenvalue weighted by atomic mass is 15.1. The third kappa shape index (κ3) is 4.27. The number of nitrogens with zero attached hydrogens (tertiary/aromatic N) is 4. The number of hydrogen-bond donors (Lipinski definition) is 1. The summed E-state index contributed by atoms with van der Waals surface area (Å²) < 4.78 is 0. The Morgan fingerprint density at radius 3 is 2.72 bits per heavy atom. The maximum absolute atomic E-state index is 4.57. The average molecular weight is 342 g/mol. The Labute approximate surface area is 151 Å². The molecule has 0 unspecified atom stereocenters. The topological polar surface area (TPSA) is 53.9 Å². The standard InChI is InChI=1S/C20H31N5/c1-4-25(5-2)12-8-9-15(3)24-20-18-17-11-7-6-10-16(17)13-21-19(18)22-14-23-20/h13-15H,4-12H2,1-3H3,(H,21,22,23,24)/t15-/m0/s1. The normalized spacial score (nSPS) is 15.4. The van der Waals surface area contributed by atoms with E-state index < -0.39 is 0 Å². The van der Waals surface area contributed by atoms with Crippen molar-refractivity contribution in [2.75, 3.05) is 25.0 Å². The van der Waals surface area contributed by atoms with Gasteiger partial charge in [0, 0.05) is 12.2 Å². The van der Waals surface area contributed by atoms with Crippen LogP contribution in [0, 0.1) is 0 Å². The van der Waals surface area contributed by atoms with Gasteiger partial charge in [-0.3, -0.25) is 0 Å². The summed E-state index contributed by atoms with van der Waals surface area (Å²) in [7, 11) is 0. The average Bonchev–Trinajstić information content (AvgIpc) is 2.65. The number of anilines is 1. The van der Waals surface area contributed by atoms with Crippen molar-refractivity contribution in [3.63, 3.8) is 0 Å². The summed E-state index contributed by atoms with van der Waals surface area (Å²) in [5, 5.41) is 4.78. The molecule has 0 bridgehead atoms. The number of pyridine rings is 1. The van der Waals surface area contributed by atoms with Crippen LogP contribution in [0.25, 0.3) is 11.0 Å². The molecule has 0 aliphatic heterocycles.